The Morgan fingerprint density at radius 1 is 0.208 bits per heavy atom. The maximum absolute atomic E-state index is 2.51. The molecule has 0 N–H and O–H groups in total. The SMILES string of the molecule is Cc1ccc2c(c1)c(C)cc1c(C)cc3c4cc5c(cc4c(C)cc3c12)c(C)cc1c2cc3c(C)cc4c6cc(C)ccc6ccc4c3cc2ccc51. The quantitative estimate of drug-likeness (QED) is 0.111. The standard InChI is InChI=1S/C53H40/c1-27-8-10-34-11-14-36-46(44(34)17-27)19-31(5)42-25-45-35(23-49(36)42)12-15-37-47(45)20-30(4)40-24-41-32(6)22-52-48(51(41)26-50(37)40)21-33(7)43-18-29(3)39-16-28(2)9-13-38(39)53(43)52/h8-26H,1-7H3. The van der Waals surface area contributed by atoms with Crippen LogP contribution < -0.4 is 0 Å². The van der Waals surface area contributed by atoms with Crippen LogP contribution >= 0.6 is 0 Å². The van der Waals surface area contributed by atoms with Crippen LogP contribution in [-0.2, 0) is 0 Å². The molecule has 0 aliphatic rings. The van der Waals surface area contributed by atoms with Crippen molar-refractivity contribution < 1.29 is 0 Å². The van der Waals surface area contributed by atoms with Crippen molar-refractivity contribution >= 4 is 108 Å². The molecule has 0 saturated heterocycles. The summed E-state index contributed by atoms with van der Waals surface area (Å²) >= 11 is 0. The van der Waals surface area contributed by atoms with Gasteiger partial charge in [-0.15, -0.1) is 0 Å². The first-order valence-electron chi connectivity index (χ1n) is 19.0. The fourth-order valence-electron chi connectivity index (χ4n) is 9.96. The first-order chi connectivity index (χ1) is 25.6. The summed E-state index contributed by atoms with van der Waals surface area (Å²) < 4.78 is 0. The highest BCUT2D eigenvalue weighted by Crippen LogP contribution is 2.44. The molecule has 0 aromatic heterocycles. The predicted molar refractivity (Wildman–Crippen MR) is 235 cm³/mol. The van der Waals surface area contributed by atoms with Crippen molar-refractivity contribution in [1.29, 1.82) is 0 Å². The van der Waals surface area contributed by atoms with E-state index in [1.54, 1.807) is 0 Å². The lowest BCUT2D eigenvalue weighted by molar-refractivity contribution is 1.47. The van der Waals surface area contributed by atoms with Crippen LogP contribution in [0.1, 0.15) is 38.9 Å². The molecular formula is C53H40. The van der Waals surface area contributed by atoms with Gasteiger partial charge in [0.1, 0.15) is 0 Å². The molecule has 0 bridgehead atoms. The van der Waals surface area contributed by atoms with Crippen LogP contribution in [0.4, 0.5) is 0 Å². The van der Waals surface area contributed by atoms with E-state index in [1.807, 2.05) is 0 Å². The van der Waals surface area contributed by atoms with Gasteiger partial charge in [0.05, 0.1) is 0 Å². The van der Waals surface area contributed by atoms with Gasteiger partial charge in [-0.3, -0.25) is 0 Å². The Kier molecular flexibility index (Phi) is 6.10. The number of hydrogen-bond acceptors (Lipinski definition) is 0. The van der Waals surface area contributed by atoms with E-state index < -0.39 is 0 Å². The summed E-state index contributed by atoms with van der Waals surface area (Å²) in [5, 5.41) is 26.7. The van der Waals surface area contributed by atoms with Gasteiger partial charge >= 0.3 is 0 Å². The maximum Gasteiger partial charge on any atom is -0.00236 e. The summed E-state index contributed by atoms with van der Waals surface area (Å²) in [6.07, 6.45) is 0. The molecule has 0 spiro atoms. The molecule has 53 heavy (non-hydrogen) atoms. The number of fused-ring (bicyclic) bond motifs is 17. The highest BCUT2D eigenvalue weighted by molar-refractivity contribution is 6.30. The normalized spacial score (nSPS) is 12.4. The van der Waals surface area contributed by atoms with Gasteiger partial charge in [0.2, 0.25) is 0 Å². The van der Waals surface area contributed by atoms with Gasteiger partial charge in [-0.05, 0) is 208 Å². The molecular weight excluding hydrogens is 637 g/mol. The molecule has 11 rings (SSSR count). The molecule has 0 amide bonds. The molecule has 11 aromatic carbocycles. The highest BCUT2D eigenvalue weighted by Gasteiger charge is 2.17. The molecule has 0 radical (unpaired) electrons. The zero-order valence-corrected chi connectivity index (χ0v) is 31.5. The third-order valence-corrected chi connectivity index (χ3v) is 12.6. The molecule has 11 aromatic rings. The minimum absolute atomic E-state index is 1.29. The van der Waals surface area contributed by atoms with Crippen LogP contribution in [0.2, 0.25) is 0 Å². The number of hydrogen-bond donors (Lipinski definition) is 0. The van der Waals surface area contributed by atoms with E-state index in [0.717, 1.165) is 0 Å². The van der Waals surface area contributed by atoms with Gasteiger partial charge in [0.15, 0.2) is 0 Å². The van der Waals surface area contributed by atoms with Gasteiger partial charge in [-0.25, -0.2) is 0 Å². The second-order valence-corrected chi connectivity index (χ2v) is 16.1. The van der Waals surface area contributed by atoms with Crippen LogP contribution in [0.25, 0.3) is 108 Å². The molecule has 0 unspecified atom stereocenters. The largest absolute Gasteiger partial charge is 0.0587 e. The molecule has 0 aliphatic carbocycles. The van der Waals surface area contributed by atoms with Gasteiger partial charge in [-0.1, -0.05) is 102 Å². The predicted octanol–water partition coefficient (Wildman–Crippen LogP) is 15.4. The van der Waals surface area contributed by atoms with Crippen LogP contribution in [0.3, 0.4) is 0 Å². The second-order valence-electron chi connectivity index (χ2n) is 16.1. The minimum atomic E-state index is 1.29. The summed E-state index contributed by atoms with van der Waals surface area (Å²) in [6.45, 7) is 15.8. The van der Waals surface area contributed by atoms with E-state index in [2.05, 4.69) is 164 Å². The zero-order valence-electron chi connectivity index (χ0n) is 31.5. The first-order valence-corrected chi connectivity index (χ1v) is 19.0. The molecule has 0 fully saturated rings. The lowest BCUT2D eigenvalue weighted by atomic mass is 9.86. The summed E-state index contributed by atoms with van der Waals surface area (Å²) in [4.78, 5) is 0. The zero-order chi connectivity index (χ0) is 36.0. The second kappa shape index (κ2) is 10.6. The average molecular weight is 677 g/mol. The Hall–Kier alpha value is -5.98. The Labute approximate surface area is 309 Å². The third-order valence-electron chi connectivity index (χ3n) is 12.6. The smallest absolute Gasteiger partial charge is 0.00236 e. The molecule has 0 aliphatic heterocycles. The van der Waals surface area contributed by atoms with E-state index in [1.165, 1.54) is 147 Å². The average Bonchev–Trinajstić information content (AvgIpc) is 3.15. The monoisotopic (exact) mass is 676 g/mol. The van der Waals surface area contributed by atoms with E-state index in [-0.39, 0.29) is 0 Å². The Bertz CT molecular complexity index is 3500. The van der Waals surface area contributed by atoms with Crippen LogP contribution in [0, 0.1) is 48.5 Å². The van der Waals surface area contributed by atoms with Gasteiger partial charge in [0, 0.05) is 0 Å². The summed E-state index contributed by atoms with van der Waals surface area (Å²) in [5.41, 5.74) is 9.26. The van der Waals surface area contributed by atoms with E-state index >= 15 is 0 Å². The van der Waals surface area contributed by atoms with Crippen molar-refractivity contribution in [3.8, 4) is 0 Å². The van der Waals surface area contributed by atoms with Crippen LogP contribution in [-0.4, -0.2) is 0 Å². The summed E-state index contributed by atoms with van der Waals surface area (Å²) in [6, 6.07) is 45.2. The van der Waals surface area contributed by atoms with Crippen LogP contribution in [0.5, 0.6) is 0 Å². The fraction of sp³-hybridized carbons (Fsp3) is 0.132. The molecule has 0 nitrogen and oxygen atoms in total. The summed E-state index contributed by atoms with van der Waals surface area (Å²) in [5.74, 6) is 0. The van der Waals surface area contributed by atoms with Crippen molar-refractivity contribution in [1.82, 2.24) is 0 Å². The lowest BCUT2D eigenvalue weighted by Crippen LogP contribution is -1.92. The lowest BCUT2D eigenvalue weighted by Gasteiger charge is -2.18. The number of aryl methyl sites for hydroxylation is 7. The van der Waals surface area contributed by atoms with Crippen molar-refractivity contribution in [2.75, 3.05) is 0 Å². The Morgan fingerprint density at radius 2 is 0.566 bits per heavy atom. The van der Waals surface area contributed by atoms with Gasteiger partial charge < -0.3 is 0 Å². The number of benzene rings is 11. The van der Waals surface area contributed by atoms with Crippen molar-refractivity contribution in [3.63, 3.8) is 0 Å². The van der Waals surface area contributed by atoms with E-state index in [9.17, 15) is 0 Å². The molecule has 0 heteroatoms. The molecule has 0 saturated carbocycles. The van der Waals surface area contributed by atoms with E-state index in [4.69, 9.17) is 0 Å². The Morgan fingerprint density at radius 3 is 1.23 bits per heavy atom. The minimum Gasteiger partial charge on any atom is -0.0587 e. The van der Waals surface area contributed by atoms with Crippen molar-refractivity contribution in [2.24, 2.45) is 0 Å². The topological polar surface area (TPSA) is 0 Å². The van der Waals surface area contributed by atoms with Gasteiger partial charge in [-0.2, -0.15) is 0 Å². The van der Waals surface area contributed by atoms with Crippen LogP contribution in [0.15, 0.2) is 115 Å². The third kappa shape index (κ3) is 4.18. The Balaban J connectivity index is 1.23. The van der Waals surface area contributed by atoms with E-state index in [0.29, 0.717) is 0 Å². The maximum atomic E-state index is 2.51. The highest BCUT2D eigenvalue weighted by atomic mass is 14.2. The van der Waals surface area contributed by atoms with Gasteiger partial charge in [0.25, 0.3) is 0 Å². The molecule has 0 atom stereocenters. The van der Waals surface area contributed by atoms with Crippen molar-refractivity contribution in [2.45, 2.75) is 48.5 Å². The fourth-order valence-corrected chi connectivity index (χ4v) is 9.96. The molecule has 252 valence electrons. The summed E-state index contributed by atoms with van der Waals surface area (Å²) in [7, 11) is 0. The first kappa shape index (κ1) is 30.6. The molecule has 0 heterocycles. The van der Waals surface area contributed by atoms with Crippen molar-refractivity contribution in [3.05, 3.63) is 154 Å². The number of rotatable bonds is 0.